The summed E-state index contributed by atoms with van der Waals surface area (Å²) in [6.07, 6.45) is 0. The molecule has 21 heavy (non-hydrogen) atoms. The van der Waals surface area contributed by atoms with E-state index in [0.717, 1.165) is 17.6 Å². The Morgan fingerprint density at radius 3 is 2.71 bits per heavy atom. The van der Waals surface area contributed by atoms with E-state index >= 15 is 0 Å². The van der Waals surface area contributed by atoms with Crippen molar-refractivity contribution in [1.29, 1.82) is 0 Å². The molecule has 2 atom stereocenters. The molecular weight excluding hydrogens is 260 g/mol. The maximum Gasteiger partial charge on any atom is 0.113 e. The molecule has 1 aromatic heterocycles. The van der Waals surface area contributed by atoms with Gasteiger partial charge in [-0.1, -0.05) is 42.5 Å². The SMILES string of the molecule is CC1CN(C)c2ccccc2C1n1nnc2ccccc21. The molecule has 2 heterocycles. The first-order valence-corrected chi connectivity index (χ1v) is 7.35. The summed E-state index contributed by atoms with van der Waals surface area (Å²) in [7, 11) is 2.16. The molecular formula is C17H18N4. The van der Waals surface area contributed by atoms with Gasteiger partial charge in [0, 0.05) is 30.8 Å². The summed E-state index contributed by atoms with van der Waals surface area (Å²) in [6.45, 7) is 3.31. The molecule has 0 saturated carbocycles. The maximum atomic E-state index is 4.44. The van der Waals surface area contributed by atoms with Gasteiger partial charge in [0.25, 0.3) is 0 Å². The van der Waals surface area contributed by atoms with Crippen molar-refractivity contribution < 1.29 is 0 Å². The van der Waals surface area contributed by atoms with Gasteiger partial charge < -0.3 is 4.90 Å². The van der Waals surface area contributed by atoms with Crippen molar-refractivity contribution in [2.24, 2.45) is 5.92 Å². The van der Waals surface area contributed by atoms with E-state index in [2.05, 4.69) is 64.2 Å². The average molecular weight is 278 g/mol. The molecule has 1 aliphatic heterocycles. The molecule has 0 bridgehead atoms. The van der Waals surface area contributed by atoms with Crippen molar-refractivity contribution in [3.63, 3.8) is 0 Å². The Kier molecular flexibility index (Phi) is 2.70. The molecule has 106 valence electrons. The molecule has 2 unspecified atom stereocenters. The second-order valence-corrected chi connectivity index (χ2v) is 5.88. The first-order chi connectivity index (χ1) is 10.3. The average Bonchev–Trinajstić information content (AvgIpc) is 2.92. The minimum Gasteiger partial charge on any atom is -0.374 e. The number of nitrogens with zero attached hydrogens (tertiary/aromatic N) is 4. The van der Waals surface area contributed by atoms with Crippen LogP contribution in [0.3, 0.4) is 0 Å². The fourth-order valence-corrected chi connectivity index (χ4v) is 3.49. The van der Waals surface area contributed by atoms with Gasteiger partial charge in [-0.2, -0.15) is 0 Å². The Morgan fingerprint density at radius 2 is 1.81 bits per heavy atom. The van der Waals surface area contributed by atoms with Crippen LogP contribution in [0.5, 0.6) is 0 Å². The Morgan fingerprint density at radius 1 is 1.05 bits per heavy atom. The molecule has 0 radical (unpaired) electrons. The van der Waals surface area contributed by atoms with Gasteiger partial charge in [0.2, 0.25) is 0 Å². The number of anilines is 1. The number of para-hydroxylation sites is 2. The lowest BCUT2D eigenvalue weighted by molar-refractivity contribution is 0.367. The molecule has 0 amide bonds. The largest absolute Gasteiger partial charge is 0.374 e. The molecule has 2 aromatic carbocycles. The Labute approximate surface area is 124 Å². The van der Waals surface area contributed by atoms with Gasteiger partial charge in [0.15, 0.2) is 0 Å². The summed E-state index contributed by atoms with van der Waals surface area (Å²) >= 11 is 0. The van der Waals surface area contributed by atoms with Crippen LogP contribution in [0.25, 0.3) is 11.0 Å². The van der Waals surface area contributed by atoms with E-state index < -0.39 is 0 Å². The van der Waals surface area contributed by atoms with Crippen molar-refractivity contribution in [3.8, 4) is 0 Å². The third-order valence-corrected chi connectivity index (χ3v) is 4.41. The zero-order valence-electron chi connectivity index (χ0n) is 12.3. The maximum absolute atomic E-state index is 4.44. The quantitative estimate of drug-likeness (QED) is 0.686. The Balaban J connectivity index is 1.93. The molecule has 0 fully saturated rings. The summed E-state index contributed by atoms with van der Waals surface area (Å²) < 4.78 is 2.09. The van der Waals surface area contributed by atoms with E-state index in [0.29, 0.717) is 5.92 Å². The van der Waals surface area contributed by atoms with E-state index in [-0.39, 0.29) is 6.04 Å². The number of fused-ring (bicyclic) bond motifs is 2. The fraction of sp³-hybridized carbons (Fsp3) is 0.294. The highest BCUT2D eigenvalue weighted by Gasteiger charge is 2.32. The normalized spacial score (nSPS) is 21.5. The number of aromatic nitrogens is 3. The molecule has 4 heteroatoms. The van der Waals surface area contributed by atoms with E-state index in [1.54, 1.807) is 0 Å². The topological polar surface area (TPSA) is 34.0 Å². The summed E-state index contributed by atoms with van der Waals surface area (Å²) in [5.74, 6) is 0.481. The zero-order chi connectivity index (χ0) is 14.4. The van der Waals surface area contributed by atoms with E-state index in [4.69, 9.17) is 0 Å². The number of hydrogen-bond donors (Lipinski definition) is 0. The molecule has 1 aliphatic rings. The zero-order valence-corrected chi connectivity index (χ0v) is 12.3. The standard InChI is InChI=1S/C17H18N4/c1-12-11-20(2)15-9-5-3-7-13(15)17(12)21-16-10-6-4-8-14(16)18-19-21/h3-10,12,17H,11H2,1-2H3. The predicted molar refractivity (Wildman–Crippen MR) is 84.5 cm³/mol. The Bertz CT molecular complexity index is 792. The van der Waals surface area contributed by atoms with Gasteiger partial charge in [0.05, 0.1) is 11.6 Å². The predicted octanol–water partition coefficient (Wildman–Crippen LogP) is 3.11. The van der Waals surface area contributed by atoms with Crippen LogP contribution in [0.2, 0.25) is 0 Å². The van der Waals surface area contributed by atoms with Crippen LogP contribution in [0.4, 0.5) is 5.69 Å². The third kappa shape index (κ3) is 1.82. The number of hydrogen-bond acceptors (Lipinski definition) is 3. The van der Waals surface area contributed by atoms with E-state index in [9.17, 15) is 0 Å². The summed E-state index contributed by atoms with van der Waals surface area (Å²) in [6, 6.07) is 17.0. The van der Waals surface area contributed by atoms with Crippen LogP contribution in [-0.4, -0.2) is 28.6 Å². The highest BCUT2D eigenvalue weighted by molar-refractivity contribution is 5.74. The van der Waals surface area contributed by atoms with Gasteiger partial charge >= 0.3 is 0 Å². The highest BCUT2D eigenvalue weighted by Crippen LogP contribution is 2.39. The summed E-state index contributed by atoms with van der Waals surface area (Å²) in [4.78, 5) is 2.33. The van der Waals surface area contributed by atoms with Crippen LogP contribution < -0.4 is 4.90 Å². The summed E-state index contributed by atoms with van der Waals surface area (Å²) in [5.41, 5.74) is 4.68. The molecule has 3 aromatic rings. The van der Waals surface area contributed by atoms with Crippen LogP contribution in [0.1, 0.15) is 18.5 Å². The van der Waals surface area contributed by atoms with Crippen LogP contribution >= 0.6 is 0 Å². The number of benzene rings is 2. The first kappa shape index (κ1) is 12.4. The van der Waals surface area contributed by atoms with Crippen LogP contribution in [-0.2, 0) is 0 Å². The molecule has 0 saturated heterocycles. The van der Waals surface area contributed by atoms with E-state index in [1.807, 2.05) is 18.2 Å². The van der Waals surface area contributed by atoms with Gasteiger partial charge in [-0.05, 0) is 18.2 Å². The fourth-order valence-electron chi connectivity index (χ4n) is 3.49. The minimum absolute atomic E-state index is 0.241. The van der Waals surface area contributed by atoms with Gasteiger partial charge in [-0.15, -0.1) is 5.10 Å². The van der Waals surface area contributed by atoms with Crippen molar-refractivity contribution in [2.75, 3.05) is 18.5 Å². The van der Waals surface area contributed by atoms with Gasteiger partial charge in [0.1, 0.15) is 5.52 Å². The van der Waals surface area contributed by atoms with Crippen molar-refractivity contribution in [2.45, 2.75) is 13.0 Å². The highest BCUT2D eigenvalue weighted by atomic mass is 15.4. The third-order valence-electron chi connectivity index (χ3n) is 4.41. The lowest BCUT2D eigenvalue weighted by Crippen LogP contribution is -2.36. The van der Waals surface area contributed by atoms with Crippen molar-refractivity contribution >= 4 is 16.7 Å². The second kappa shape index (κ2) is 4.58. The summed E-state index contributed by atoms with van der Waals surface area (Å²) in [5, 5.41) is 8.76. The molecule has 0 aliphatic carbocycles. The van der Waals surface area contributed by atoms with Crippen molar-refractivity contribution in [1.82, 2.24) is 15.0 Å². The molecule has 4 rings (SSSR count). The lowest BCUT2D eigenvalue weighted by atomic mass is 9.88. The van der Waals surface area contributed by atoms with Gasteiger partial charge in [-0.25, -0.2) is 4.68 Å². The first-order valence-electron chi connectivity index (χ1n) is 7.35. The smallest absolute Gasteiger partial charge is 0.113 e. The van der Waals surface area contributed by atoms with E-state index in [1.165, 1.54) is 11.3 Å². The van der Waals surface area contributed by atoms with Crippen LogP contribution in [0.15, 0.2) is 48.5 Å². The monoisotopic (exact) mass is 278 g/mol. The lowest BCUT2D eigenvalue weighted by Gasteiger charge is -2.37. The molecule has 4 nitrogen and oxygen atoms in total. The molecule has 0 spiro atoms. The molecule has 0 N–H and O–H groups in total. The van der Waals surface area contributed by atoms with Gasteiger partial charge in [-0.3, -0.25) is 0 Å². The van der Waals surface area contributed by atoms with Crippen molar-refractivity contribution in [3.05, 3.63) is 54.1 Å². The minimum atomic E-state index is 0.241. The Hall–Kier alpha value is -2.36. The van der Waals surface area contributed by atoms with Crippen LogP contribution in [0, 0.1) is 5.92 Å². The second-order valence-electron chi connectivity index (χ2n) is 5.88. The number of rotatable bonds is 1.